The maximum atomic E-state index is 2.40. The Bertz CT molecular complexity index is 4720. The first-order valence-electron chi connectivity index (χ1n) is 29.1. The van der Waals surface area contributed by atoms with Gasteiger partial charge in [0.05, 0.1) is 0 Å². The van der Waals surface area contributed by atoms with Crippen molar-refractivity contribution in [1.29, 1.82) is 0 Å². The van der Waals surface area contributed by atoms with E-state index in [1.165, 1.54) is 154 Å². The van der Waals surface area contributed by atoms with Crippen LogP contribution in [0.25, 0.3) is 154 Å². The molecule has 0 bridgehead atoms. The second kappa shape index (κ2) is 21.9. The van der Waals surface area contributed by atoms with Crippen LogP contribution >= 0.6 is 0 Å². The van der Waals surface area contributed by atoms with E-state index < -0.39 is 0 Å². The molecule has 0 heteroatoms. The smallest absolute Gasteiger partial charge is 0.000139 e. The van der Waals surface area contributed by atoms with Crippen LogP contribution in [0.2, 0.25) is 0 Å². The molecule has 0 nitrogen and oxygen atoms in total. The van der Waals surface area contributed by atoms with E-state index in [0.717, 1.165) is 0 Å². The van der Waals surface area contributed by atoms with Crippen molar-refractivity contribution in [3.8, 4) is 89.0 Å². The average molecular weight is 1070 g/mol. The van der Waals surface area contributed by atoms with Gasteiger partial charge in [-0.05, 0) is 166 Å². The summed E-state index contributed by atoms with van der Waals surface area (Å²) in [7, 11) is 0. The highest BCUT2D eigenvalue weighted by molar-refractivity contribution is 6.34. The van der Waals surface area contributed by atoms with Crippen LogP contribution in [0.4, 0.5) is 0 Å². The highest BCUT2D eigenvalue weighted by Gasteiger charge is 2.26. The standard InChI is InChI=1S/2C42H28/c1-5-17-29(18-6-1)37-33-25-13-14-26-34(33)39(31-21-9-3-10-22-31)42-40(32-23-11-4-12-24-32)36-28-16-15-27-35(36)38(41(37)42)30-19-7-2-8-20-30;1-5-15-29(16-6-1)37-26-25-34-28-35-27-33-23-13-14-24-36(33)38(30-17-7-2-8-18-30)42(35)40(32-21-11-4-12-22-32)41(34)39(37)31-19-9-3-10-20-31/h2*1-28H. The molecule has 16 aromatic rings. The topological polar surface area (TPSA) is 0 Å². The highest BCUT2D eigenvalue weighted by Crippen LogP contribution is 2.54. The van der Waals surface area contributed by atoms with Gasteiger partial charge < -0.3 is 0 Å². The lowest BCUT2D eigenvalue weighted by molar-refractivity contribution is 1.60. The summed E-state index contributed by atoms with van der Waals surface area (Å²) in [6.45, 7) is 0. The predicted octanol–water partition coefficient (Wildman–Crippen LogP) is 23.6. The van der Waals surface area contributed by atoms with E-state index in [9.17, 15) is 0 Å². The number of rotatable bonds is 8. The summed E-state index contributed by atoms with van der Waals surface area (Å²) >= 11 is 0. The van der Waals surface area contributed by atoms with E-state index in [4.69, 9.17) is 0 Å². The van der Waals surface area contributed by atoms with Crippen LogP contribution in [0.15, 0.2) is 340 Å². The van der Waals surface area contributed by atoms with Crippen LogP contribution < -0.4 is 0 Å². The summed E-state index contributed by atoms with van der Waals surface area (Å²) in [5.74, 6) is 0. The van der Waals surface area contributed by atoms with E-state index in [0.29, 0.717) is 0 Å². The normalized spacial score (nSPS) is 11.3. The van der Waals surface area contributed by atoms with Gasteiger partial charge in [-0.15, -0.1) is 0 Å². The van der Waals surface area contributed by atoms with E-state index >= 15 is 0 Å². The van der Waals surface area contributed by atoms with Crippen molar-refractivity contribution < 1.29 is 0 Å². The fraction of sp³-hybridized carbons (Fsp3) is 0. The van der Waals surface area contributed by atoms with Gasteiger partial charge in [-0.3, -0.25) is 0 Å². The molecule has 0 aromatic heterocycles. The number of hydrogen-bond acceptors (Lipinski definition) is 0. The third-order valence-corrected chi connectivity index (χ3v) is 16.8. The molecule has 392 valence electrons. The molecule has 0 N–H and O–H groups in total. The average Bonchev–Trinajstić information content (AvgIpc) is 0.924. The molecular weight excluding hydrogens is 1010 g/mol. The summed E-state index contributed by atoms with van der Waals surface area (Å²) < 4.78 is 0. The zero-order chi connectivity index (χ0) is 55.8. The summed E-state index contributed by atoms with van der Waals surface area (Å²) in [6.07, 6.45) is 0. The minimum atomic E-state index is 1.22. The molecule has 0 spiro atoms. The lowest BCUT2D eigenvalue weighted by Gasteiger charge is -2.25. The molecule has 0 atom stereocenters. The minimum absolute atomic E-state index is 1.22. The Kier molecular flexibility index (Phi) is 13.0. The lowest BCUT2D eigenvalue weighted by Crippen LogP contribution is -1.97. The highest BCUT2D eigenvalue weighted by atomic mass is 14.3. The third-order valence-electron chi connectivity index (χ3n) is 16.8. The van der Waals surface area contributed by atoms with E-state index in [1.54, 1.807) is 0 Å². The van der Waals surface area contributed by atoms with Crippen LogP contribution in [-0.4, -0.2) is 0 Å². The van der Waals surface area contributed by atoms with Gasteiger partial charge >= 0.3 is 0 Å². The maximum Gasteiger partial charge on any atom is -0.000139 e. The lowest BCUT2D eigenvalue weighted by atomic mass is 9.77. The fourth-order valence-electron chi connectivity index (χ4n) is 13.4. The van der Waals surface area contributed by atoms with Gasteiger partial charge in [-0.25, -0.2) is 0 Å². The molecule has 0 aliphatic carbocycles. The van der Waals surface area contributed by atoms with Crippen molar-refractivity contribution in [3.05, 3.63) is 340 Å². The predicted molar refractivity (Wildman–Crippen MR) is 361 cm³/mol. The van der Waals surface area contributed by atoms with Crippen molar-refractivity contribution in [1.82, 2.24) is 0 Å². The summed E-state index contributed by atoms with van der Waals surface area (Å²) in [5.41, 5.74) is 20.0. The van der Waals surface area contributed by atoms with Crippen molar-refractivity contribution >= 4 is 64.6 Å². The summed E-state index contributed by atoms with van der Waals surface area (Å²) in [6, 6.07) is 123. The minimum Gasteiger partial charge on any atom is -0.0622 e. The summed E-state index contributed by atoms with van der Waals surface area (Å²) in [5, 5.41) is 15.3. The molecule has 16 rings (SSSR count). The zero-order valence-electron chi connectivity index (χ0n) is 46.3. The van der Waals surface area contributed by atoms with Crippen LogP contribution in [0.3, 0.4) is 0 Å². The van der Waals surface area contributed by atoms with Gasteiger partial charge in [-0.1, -0.05) is 328 Å². The molecule has 0 saturated heterocycles. The number of benzene rings is 16. The Balaban J connectivity index is 0.000000143. The molecule has 84 heavy (non-hydrogen) atoms. The fourth-order valence-corrected chi connectivity index (χ4v) is 13.4. The Morgan fingerprint density at radius 1 is 0.131 bits per heavy atom. The first-order valence-corrected chi connectivity index (χ1v) is 29.1. The third kappa shape index (κ3) is 8.81. The maximum absolute atomic E-state index is 2.40. The van der Waals surface area contributed by atoms with Crippen LogP contribution in [-0.2, 0) is 0 Å². The molecular formula is C84H56. The van der Waals surface area contributed by atoms with Gasteiger partial charge in [0.25, 0.3) is 0 Å². The molecule has 0 fully saturated rings. The van der Waals surface area contributed by atoms with Crippen LogP contribution in [0.5, 0.6) is 0 Å². The van der Waals surface area contributed by atoms with E-state index in [1.807, 2.05) is 0 Å². The molecule has 0 heterocycles. The zero-order valence-corrected chi connectivity index (χ0v) is 46.3. The molecule has 16 aromatic carbocycles. The Hall–Kier alpha value is -10.9. The monoisotopic (exact) mass is 1060 g/mol. The Morgan fingerprint density at radius 3 is 0.738 bits per heavy atom. The van der Waals surface area contributed by atoms with Gasteiger partial charge in [0.1, 0.15) is 0 Å². The summed E-state index contributed by atoms with van der Waals surface area (Å²) in [4.78, 5) is 0. The van der Waals surface area contributed by atoms with Gasteiger partial charge in [0.2, 0.25) is 0 Å². The van der Waals surface area contributed by atoms with Crippen LogP contribution in [0.1, 0.15) is 0 Å². The van der Waals surface area contributed by atoms with E-state index in [-0.39, 0.29) is 0 Å². The molecule has 0 aliphatic rings. The molecule has 0 amide bonds. The van der Waals surface area contributed by atoms with Gasteiger partial charge in [0.15, 0.2) is 0 Å². The largest absolute Gasteiger partial charge is 0.0622 e. The molecule has 0 saturated carbocycles. The Morgan fingerprint density at radius 2 is 0.381 bits per heavy atom. The SMILES string of the molecule is c1ccc(-c2c3ccccc3c(-c3ccccc3)c3c(-c4ccccc4)c4ccccc4c(-c4ccccc4)c23)cc1.c1ccc(-c2ccc3cc4cc5ccccc5c(-c5ccccc5)c4c(-c4ccccc4)c3c2-c2ccccc2)cc1. The van der Waals surface area contributed by atoms with Crippen molar-refractivity contribution in [2.45, 2.75) is 0 Å². The van der Waals surface area contributed by atoms with Crippen molar-refractivity contribution in [2.75, 3.05) is 0 Å². The van der Waals surface area contributed by atoms with Crippen molar-refractivity contribution in [3.63, 3.8) is 0 Å². The molecule has 0 radical (unpaired) electrons. The molecule has 0 unspecified atom stereocenters. The first kappa shape index (κ1) is 50.1. The van der Waals surface area contributed by atoms with Gasteiger partial charge in [0, 0.05) is 0 Å². The second-order valence-corrected chi connectivity index (χ2v) is 21.7. The van der Waals surface area contributed by atoms with Crippen molar-refractivity contribution in [2.24, 2.45) is 0 Å². The van der Waals surface area contributed by atoms with E-state index in [2.05, 4.69) is 340 Å². The second-order valence-electron chi connectivity index (χ2n) is 21.7. The number of hydrogen-bond donors (Lipinski definition) is 0. The molecule has 0 aliphatic heterocycles. The first-order chi connectivity index (χ1) is 41.8. The number of fused-ring (bicyclic) bond motifs is 6. The van der Waals surface area contributed by atoms with Gasteiger partial charge in [-0.2, -0.15) is 0 Å². The van der Waals surface area contributed by atoms with Crippen LogP contribution in [0, 0.1) is 0 Å². The Labute approximate surface area is 490 Å². The quantitative estimate of drug-likeness (QED) is 0.133.